The Hall–Kier alpha value is -1.42. The fraction of sp³-hybridized carbons (Fsp3) is 0.571. The third-order valence-electron chi connectivity index (χ3n) is 2.70. The van der Waals surface area contributed by atoms with E-state index in [0.717, 1.165) is 36.6 Å². The molecule has 0 radical (unpaired) electrons. The molecule has 1 aromatic rings. The van der Waals surface area contributed by atoms with Gasteiger partial charge in [0.2, 0.25) is 0 Å². The second kappa shape index (κ2) is 7.82. The van der Waals surface area contributed by atoms with E-state index in [1.807, 2.05) is 25.2 Å². The maximum absolute atomic E-state index is 5.86. The molecule has 0 heterocycles. The van der Waals surface area contributed by atoms with Crippen molar-refractivity contribution >= 4 is 0 Å². The van der Waals surface area contributed by atoms with Crippen LogP contribution in [-0.4, -0.2) is 33.9 Å². The quantitative estimate of drug-likeness (QED) is 0.722. The van der Waals surface area contributed by atoms with Crippen molar-refractivity contribution in [3.63, 3.8) is 0 Å². The number of hydrogen-bond acceptors (Lipinski definition) is 4. The number of ether oxygens (including phenoxy) is 3. The van der Waals surface area contributed by atoms with Crippen molar-refractivity contribution in [3.8, 4) is 17.2 Å². The smallest absolute Gasteiger partial charge is 0.127 e. The number of benzene rings is 1. The molecule has 1 N–H and O–H groups in total. The predicted octanol–water partition coefficient (Wildman–Crippen LogP) is 2.47. The highest BCUT2D eigenvalue weighted by Crippen LogP contribution is 2.28. The highest BCUT2D eigenvalue weighted by molar-refractivity contribution is 5.42. The molecular weight excluding hydrogens is 230 g/mol. The summed E-state index contributed by atoms with van der Waals surface area (Å²) >= 11 is 0. The molecule has 4 nitrogen and oxygen atoms in total. The minimum absolute atomic E-state index is 0.176. The van der Waals surface area contributed by atoms with Gasteiger partial charge in [0.15, 0.2) is 0 Å². The second-order valence-electron chi connectivity index (χ2n) is 4.22. The van der Waals surface area contributed by atoms with Gasteiger partial charge in [0.05, 0.1) is 20.3 Å². The number of nitrogens with one attached hydrogen (secondary N) is 1. The Labute approximate surface area is 109 Å². The first-order valence-electron chi connectivity index (χ1n) is 6.24. The molecule has 0 aliphatic carbocycles. The Morgan fingerprint density at radius 1 is 1.06 bits per heavy atom. The van der Waals surface area contributed by atoms with Gasteiger partial charge in [-0.2, -0.15) is 0 Å². The maximum Gasteiger partial charge on any atom is 0.127 e. The summed E-state index contributed by atoms with van der Waals surface area (Å²) in [6, 6.07) is 5.58. The van der Waals surface area contributed by atoms with Crippen LogP contribution in [0.5, 0.6) is 17.2 Å². The molecule has 1 rings (SSSR count). The molecule has 1 aromatic carbocycles. The molecule has 102 valence electrons. The normalized spacial score (nSPS) is 12.0. The zero-order valence-corrected chi connectivity index (χ0v) is 11.7. The fourth-order valence-electron chi connectivity index (χ4n) is 1.71. The zero-order valence-electron chi connectivity index (χ0n) is 11.7. The summed E-state index contributed by atoms with van der Waals surface area (Å²) in [5.74, 6) is 2.27. The summed E-state index contributed by atoms with van der Waals surface area (Å²) in [6.45, 7) is 3.08. The van der Waals surface area contributed by atoms with Crippen molar-refractivity contribution in [3.05, 3.63) is 18.2 Å². The lowest BCUT2D eigenvalue weighted by Crippen LogP contribution is -2.15. The van der Waals surface area contributed by atoms with Crippen LogP contribution in [0.4, 0.5) is 0 Å². The van der Waals surface area contributed by atoms with E-state index in [0.29, 0.717) is 0 Å². The Morgan fingerprint density at radius 2 is 1.61 bits per heavy atom. The molecule has 18 heavy (non-hydrogen) atoms. The van der Waals surface area contributed by atoms with Gasteiger partial charge in [0.25, 0.3) is 0 Å². The van der Waals surface area contributed by atoms with Crippen molar-refractivity contribution in [2.45, 2.75) is 25.9 Å². The van der Waals surface area contributed by atoms with Crippen LogP contribution in [0.2, 0.25) is 0 Å². The van der Waals surface area contributed by atoms with E-state index in [1.54, 1.807) is 14.2 Å². The van der Waals surface area contributed by atoms with E-state index in [9.17, 15) is 0 Å². The summed E-state index contributed by atoms with van der Waals surface area (Å²) in [4.78, 5) is 0. The molecule has 0 aromatic heterocycles. The van der Waals surface area contributed by atoms with Gasteiger partial charge in [-0.05, 0) is 33.4 Å². The van der Waals surface area contributed by atoms with Crippen molar-refractivity contribution in [1.82, 2.24) is 5.32 Å². The van der Waals surface area contributed by atoms with Crippen LogP contribution in [0.3, 0.4) is 0 Å². The lowest BCUT2D eigenvalue weighted by atomic mass is 10.2. The van der Waals surface area contributed by atoms with Gasteiger partial charge < -0.3 is 19.5 Å². The topological polar surface area (TPSA) is 39.7 Å². The predicted molar refractivity (Wildman–Crippen MR) is 72.8 cm³/mol. The van der Waals surface area contributed by atoms with Crippen molar-refractivity contribution < 1.29 is 14.2 Å². The van der Waals surface area contributed by atoms with Crippen LogP contribution in [0, 0.1) is 0 Å². The molecule has 1 unspecified atom stereocenters. The molecule has 4 heteroatoms. The monoisotopic (exact) mass is 253 g/mol. The Bertz CT molecular complexity index is 333. The minimum atomic E-state index is 0.176. The largest absolute Gasteiger partial charge is 0.496 e. The van der Waals surface area contributed by atoms with E-state index in [-0.39, 0.29) is 6.10 Å². The number of rotatable bonds is 8. The maximum atomic E-state index is 5.86. The van der Waals surface area contributed by atoms with Crippen LogP contribution in [0.1, 0.15) is 19.8 Å². The average Bonchev–Trinajstić information content (AvgIpc) is 2.38. The van der Waals surface area contributed by atoms with E-state index in [2.05, 4.69) is 12.2 Å². The van der Waals surface area contributed by atoms with Crippen molar-refractivity contribution in [1.29, 1.82) is 0 Å². The highest BCUT2D eigenvalue weighted by Gasteiger charge is 2.07. The van der Waals surface area contributed by atoms with Gasteiger partial charge in [0.1, 0.15) is 17.2 Å². The zero-order chi connectivity index (χ0) is 13.4. The third kappa shape index (κ3) is 4.84. The summed E-state index contributed by atoms with van der Waals surface area (Å²) in [5.41, 5.74) is 0. The first-order valence-corrected chi connectivity index (χ1v) is 6.24. The molecular formula is C14H23NO3. The van der Waals surface area contributed by atoms with Gasteiger partial charge in [-0.3, -0.25) is 0 Å². The van der Waals surface area contributed by atoms with E-state index in [4.69, 9.17) is 14.2 Å². The highest BCUT2D eigenvalue weighted by atomic mass is 16.5. The summed E-state index contributed by atoms with van der Waals surface area (Å²) in [6.07, 6.45) is 2.29. The van der Waals surface area contributed by atoms with Gasteiger partial charge in [-0.1, -0.05) is 0 Å². The minimum Gasteiger partial charge on any atom is -0.496 e. The molecule has 0 amide bonds. The van der Waals surface area contributed by atoms with Crippen LogP contribution in [-0.2, 0) is 0 Å². The lowest BCUT2D eigenvalue weighted by molar-refractivity contribution is 0.206. The molecule has 0 bridgehead atoms. The number of hydrogen-bond donors (Lipinski definition) is 1. The van der Waals surface area contributed by atoms with Crippen LogP contribution in [0.25, 0.3) is 0 Å². The lowest BCUT2D eigenvalue weighted by Gasteiger charge is -2.16. The third-order valence-corrected chi connectivity index (χ3v) is 2.70. The summed E-state index contributed by atoms with van der Waals surface area (Å²) in [5, 5.41) is 3.13. The van der Waals surface area contributed by atoms with Crippen molar-refractivity contribution in [2.24, 2.45) is 0 Å². The van der Waals surface area contributed by atoms with Gasteiger partial charge in [-0.15, -0.1) is 0 Å². The first kappa shape index (κ1) is 14.6. The molecule has 0 aliphatic rings. The van der Waals surface area contributed by atoms with Gasteiger partial charge >= 0.3 is 0 Å². The van der Waals surface area contributed by atoms with Crippen molar-refractivity contribution in [2.75, 3.05) is 27.8 Å². The van der Waals surface area contributed by atoms with Gasteiger partial charge in [-0.25, -0.2) is 0 Å². The molecule has 0 spiro atoms. The van der Waals surface area contributed by atoms with E-state index >= 15 is 0 Å². The second-order valence-corrected chi connectivity index (χ2v) is 4.22. The van der Waals surface area contributed by atoms with E-state index < -0.39 is 0 Å². The van der Waals surface area contributed by atoms with Crippen LogP contribution >= 0.6 is 0 Å². The fourth-order valence-corrected chi connectivity index (χ4v) is 1.71. The van der Waals surface area contributed by atoms with Gasteiger partial charge in [0, 0.05) is 18.2 Å². The molecule has 0 saturated carbocycles. The Morgan fingerprint density at radius 3 is 2.11 bits per heavy atom. The van der Waals surface area contributed by atoms with Crippen LogP contribution < -0.4 is 19.5 Å². The Kier molecular flexibility index (Phi) is 6.36. The molecule has 0 saturated heterocycles. The summed E-state index contributed by atoms with van der Waals surface area (Å²) in [7, 11) is 5.22. The average molecular weight is 253 g/mol. The number of methoxy groups -OCH3 is 2. The molecule has 0 fully saturated rings. The van der Waals surface area contributed by atoms with E-state index in [1.165, 1.54) is 0 Å². The molecule has 0 aliphatic heterocycles. The Balaban J connectivity index is 2.59. The molecule has 1 atom stereocenters. The SMILES string of the molecule is CNCCCC(C)Oc1cc(OC)cc(OC)c1. The standard InChI is InChI=1S/C14H23NO3/c1-11(6-5-7-15-2)18-14-9-12(16-3)8-13(10-14)17-4/h8-11,15H,5-7H2,1-4H3. The van der Waals surface area contributed by atoms with Crippen LogP contribution in [0.15, 0.2) is 18.2 Å². The first-order chi connectivity index (χ1) is 8.69. The summed E-state index contributed by atoms with van der Waals surface area (Å²) < 4.78 is 16.3.